The van der Waals surface area contributed by atoms with Crippen LogP contribution in [0.1, 0.15) is 36.7 Å². The van der Waals surface area contributed by atoms with Crippen molar-refractivity contribution in [3.05, 3.63) is 18.0 Å². The Hall–Kier alpha value is -1.34. The molecule has 1 fully saturated rings. The van der Waals surface area contributed by atoms with Gasteiger partial charge in [0, 0.05) is 19.3 Å². The van der Waals surface area contributed by atoms with Gasteiger partial charge >= 0.3 is 5.97 Å². The average molecular weight is 286 g/mol. The molecule has 1 aliphatic heterocycles. The smallest absolute Gasteiger partial charge is 0.352 e. The molecule has 0 amide bonds. The maximum atomic E-state index is 12.4. The number of aromatic carboxylic acids is 1. The lowest BCUT2D eigenvalue weighted by molar-refractivity contribution is 0.0691. The van der Waals surface area contributed by atoms with Gasteiger partial charge in [0.2, 0.25) is 10.0 Å². The summed E-state index contributed by atoms with van der Waals surface area (Å²) in [5.74, 6) is -0.632. The molecule has 0 radical (unpaired) electrons. The first-order valence-corrected chi connectivity index (χ1v) is 7.77. The Morgan fingerprint density at radius 3 is 2.79 bits per heavy atom. The number of hydrogen-bond acceptors (Lipinski definition) is 3. The standard InChI is InChI=1S/C12H18N2O4S/c1-9-3-2-5-14(6-4-9)19(17,18)10-7-11(12(15)16)13-8-10/h7-9,13H,2-6H2,1H3,(H,15,16). The molecule has 1 atom stereocenters. The van der Waals surface area contributed by atoms with Crippen molar-refractivity contribution in [1.29, 1.82) is 0 Å². The highest BCUT2D eigenvalue weighted by Gasteiger charge is 2.28. The number of sulfonamides is 1. The van der Waals surface area contributed by atoms with Crippen molar-refractivity contribution >= 4 is 16.0 Å². The van der Waals surface area contributed by atoms with E-state index < -0.39 is 16.0 Å². The Labute approximate surface area is 112 Å². The van der Waals surface area contributed by atoms with E-state index in [9.17, 15) is 13.2 Å². The van der Waals surface area contributed by atoms with Crippen LogP contribution in [0.4, 0.5) is 0 Å². The lowest BCUT2D eigenvalue weighted by atomic mass is 10.0. The van der Waals surface area contributed by atoms with Crippen LogP contribution in [0.15, 0.2) is 17.2 Å². The van der Waals surface area contributed by atoms with E-state index in [4.69, 9.17) is 5.11 Å². The summed E-state index contributed by atoms with van der Waals surface area (Å²) in [6.07, 6.45) is 3.96. The molecule has 1 unspecified atom stereocenters. The molecule has 19 heavy (non-hydrogen) atoms. The predicted molar refractivity (Wildman–Crippen MR) is 69.5 cm³/mol. The minimum absolute atomic E-state index is 0.0273. The van der Waals surface area contributed by atoms with E-state index >= 15 is 0 Å². The molecule has 0 spiro atoms. The quantitative estimate of drug-likeness (QED) is 0.881. The molecule has 0 saturated carbocycles. The summed E-state index contributed by atoms with van der Waals surface area (Å²) in [5, 5.41) is 8.81. The van der Waals surface area contributed by atoms with Crippen molar-refractivity contribution in [3.8, 4) is 0 Å². The van der Waals surface area contributed by atoms with E-state index in [1.165, 1.54) is 16.6 Å². The first kappa shape index (κ1) is 14.1. The Balaban J connectivity index is 2.23. The van der Waals surface area contributed by atoms with Gasteiger partial charge in [-0.2, -0.15) is 4.31 Å². The third-order valence-electron chi connectivity index (χ3n) is 3.50. The van der Waals surface area contributed by atoms with Crippen LogP contribution in [0.5, 0.6) is 0 Å². The first-order valence-electron chi connectivity index (χ1n) is 6.33. The van der Waals surface area contributed by atoms with Crippen molar-refractivity contribution in [3.63, 3.8) is 0 Å². The molecule has 1 aromatic heterocycles. The molecule has 2 rings (SSSR count). The highest BCUT2D eigenvalue weighted by molar-refractivity contribution is 7.89. The number of hydrogen-bond donors (Lipinski definition) is 2. The van der Waals surface area contributed by atoms with Crippen LogP contribution in [0.3, 0.4) is 0 Å². The Kier molecular flexibility index (Phi) is 3.96. The Morgan fingerprint density at radius 1 is 1.42 bits per heavy atom. The van der Waals surface area contributed by atoms with Gasteiger partial charge in [0.05, 0.1) is 0 Å². The lowest BCUT2D eigenvalue weighted by Crippen LogP contribution is -2.31. The second kappa shape index (κ2) is 5.34. The SMILES string of the molecule is CC1CCCN(S(=O)(=O)c2c[nH]c(C(=O)O)c2)CC1. The van der Waals surface area contributed by atoms with E-state index in [2.05, 4.69) is 11.9 Å². The summed E-state index contributed by atoms with van der Waals surface area (Å²) < 4.78 is 26.2. The molecule has 0 aromatic carbocycles. The maximum absolute atomic E-state index is 12.4. The van der Waals surface area contributed by atoms with Crippen LogP contribution < -0.4 is 0 Å². The van der Waals surface area contributed by atoms with Gasteiger partial charge in [-0.3, -0.25) is 0 Å². The summed E-state index contributed by atoms with van der Waals surface area (Å²) in [7, 11) is -3.58. The zero-order valence-electron chi connectivity index (χ0n) is 10.8. The zero-order valence-corrected chi connectivity index (χ0v) is 11.6. The number of nitrogens with one attached hydrogen (secondary N) is 1. The number of H-pyrrole nitrogens is 1. The molecule has 2 heterocycles. The molecule has 0 bridgehead atoms. The van der Waals surface area contributed by atoms with Crippen LogP contribution in [0.2, 0.25) is 0 Å². The molecule has 106 valence electrons. The van der Waals surface area contributed by atoms with Crippen molar-refractivity contribution in [2.45, 2.75) is 31.1 Å². The molecular formula is C12H18N2O4S. The molecule has 2 N–H and O–H groups in total. The minimum atomic E-state index is -3.58. The van der Waals surface area contributed by atoms with Gasteiger partial charge < -0.3 is 10.1 Å². The van der Waals surface area contributed by atoms with Gasteiger partial charge in [-0.15, -0.1) is 0 Å². The van der Waals surface area contributed by atoms with Gasteiger partial charge in [-0.05, 0) is 31.2 Å². The molecule has 1 aromatic rings. The van der Waals surface area contributed by atoms with Crippen molar-refractivity contribution in [2.24, 2.45) is 5.92 Å². The number of carboxylic acid groups (broad SMARTS) is 1. The van der Waals surface area contributed by atoms with Crippen LogP contribution in [-0.4, -0.2) is 41.9 Å². The fourth-order valence-electron chi connectivity index (χ4n) is 2.27. The van der Waals surface area contributed by atoms with Crippen LogP contribution in [-0.2, 0) is 10.0 Å². The van der Waals surface area contributed by atoms with Crippen molar-refractivity contribution < 1.29 is 18.3 Å². The van der Waals surface area contributed by atoms with E-state index in [1.807, 2.05) is 0 Å². The molecule has 1 saturated heterocycles. The fraction of sp³-hybridized carbons (Fsp3) is 0.583. The van der Waals surface area contributed by atoms with E-state index in [-0.39, 0.29) is 10.6 Å². The second-order valence-corrected chi connectivity index (χ2v) is 6.93. The average Bonchev–Trinajstić information content (AvgIpc) is 2.74. The van der Waals surface area contributed by atoms with Gasteiger partial charge in [0.1, 0.15) is 10.6 Å². The van der Waals surface area contributed by atoms with Crippen LogP contribution >= 0.6 is 0 Å². The fourth-order valence-corrected chi connectivity index (χ4v) is 3.76. The minimum Gasteiger partial charge on any atom is -0.477 e. The number of aromatic amines is 1. The van der Waals surface area contributed by atoms with E-state index in [0.29, 0.717) is 19.0 Å². The number of aromatic nitrogens is 1. The molecular weight excluding hydrogens is 268 g/mol. The van der Waals surface area contributed by atoms with E-state index in [1.54, 1.807) is 0 Å². The normalized spacial score (nSPS) is 22.1. The van der Waals surface area contributed by atoms with Crippen LogP contribution in [0.25, 0.3) is 0 Å². The maximum Gasteiger partial charge on any atom is 0.352 e. The third-order valence-corrected chi connectivity index (χ3v) is 5.38. The monoisotopic (exact) mass is 286 g/mol. The third kappa shape index (κ3) is 2.98. The Bertz CT molecular complexity index is 564. The Morgan fingerprint density at radius 2 is 2.16 bits per heavy atom. The van der Waals surface area contributed by atoms with Crippen molar-refractivity contribution in [2.75, 3.05) is 13.1 Å². The van der Waals surface area contributed by atoms with Gasteiger partial charge in [0.15, 0.2) is 0 Å². The summed E-state index contributed by atoms with van der Waals surface area (Å²) >= 11 is 0. The summed E-state index contributed by atoms with van der Waals surface area (Å²) in [6.45, 7) is 3.12. The number of rotatable bonds is 3. The largest absolute Gasteiger partial charge is 0.477 e. The predicted octanol–water partition coefficient (Wildman–Crippen LogP) is 1.52. The topological polar surface area (TPSA) is 90.5 Å². The van der Waals surface area contributed by atoms with Gasteiger partial charge in [0.25, 0.3) is 0 Å². The number of carboxylic acids is 1. The molecule has 6 nitrogen and oxygen atoms in total. The highest BCUT2D eigenvalue weighted by atomic mass is 32.2. The van der Waals surface area contributed by atoms with Gasteiger partial charge in [-0.25, -0.2) is 13.2 Å². The lowest BCUT2D eigenvalue weighted by Gasteiger charge is -2.19. The summed E-state index contributed by atoms with van der Waals surface area (Å²) in [4.78, 5) is 13.3. The molecule has 1 aliphatic rings. The molecule has 0 aliphatic carbocycles. The number of nitrogens with zero attached hydrogens (tertiary/aromatic N) is 1. The van der Waals surface area contributed by atoms with E-state index in [0.717, 1.165) is 19.3 Å². The number of carbonyl (C=O) groups is 1. The first-order chi connectivity index (χ1) is 8.91. The summed E-state index contributed by atoms with van der Waals surface area (Å²) in [6, 6.07) is 1.17. The second-order valence-electron chi connectivity index (χ2n) is 4.99. The van der Waals surface area contributed by atoms with Crippen LogP contribution in [0, 0.1) is 5.92 Å². The molecule has 7 heteroatoms. The zero-order chi connectivity index (χ0) is 14.0. The van der Waals surface area contributed by atoms with Crippen molar-refractivity contribution in [1.82, 2.24) is 9.29 Å². The summed E-state index contributed by atoms with van der Waals surface area (Å²) in [5.41, 5.74) is -0.109. The highest BCUT2D eigenvalue weighted by Crippen LogP contribution is 2.23. The van der Waals surface area contributed by atoms with Gasteiger partial charge in [-0.1, -0.05) is 6.92 Å².